The normalized spacial score (nSPS) is 18.5. The van der Waals surface area contributed by atoms with Crippen LogP contribution in [0.3, 0.4) is 0 Å². The fraction of sp³-hybridized carbons (Fsp3) is 0.944. The highest BCUT2D eigenvalue weighted by Gasteiger charge is 2.13. The van der Waals surface area contributed by atoms with Crippen LogP contribution in [0, 0.1) is 0 Å². The molecule has 0 saturated carbocycles. The second-order valence-corrected chi connectivity index (χ2v) is 6.42. The highest BCUT2D eigenvalue weighted by Crippen LogP contribution is 2.15. The topological polar surface area (TPSA) is 61.6 Å². The van der Waals surface area contributed by atoms with Crippen molar-refractivity contribution in [3.8, 4) is 0 Å². The molecule has 0 aromatic rings. The van der Waals surface area contributed by atoms with Gasteiger partial charge in [-0.25, -0.2) is 0 Å². The molecule has 0 aromatic carbocycles. The standard InChI is InChI=1S/C18H35NO3/c19-17(20)13-9-7-5-3-1-2-4-6-8-11-15-21-18-14-10-12-16-22-18/h18H,1-16H2,(H2,19,20). The molecule has 0 spiro atoms. The molecule has 4 nitrogen and oxygen atoms in total. The number of nitrogens with two attached hydrogens (primary N) is 1. The summed E-state index contributed by atoms with van der Waals surface area (Å²) in [6.45, 7) is 1.72. The van der Waals surface area contributed by atoms with Gasteiger partial charge in [0.2, 0.25) is 5.91 Å². The molecule has 1 rings (SSSR count). The first-order valence-electron chi connectivity index (χ1n) is 9.30. The third-order valence-electron chi connectivity index (χ3n) is 4.26. The van der Waals surface area contributed by atoms with Gasteiger partial charge in [0.1, 0.15) is 0 Å². The molecule has 130 valence electrons. The first-order valence-corrected chi connectivity index (χ1v) is 9.30. The van der Waals surface area contributed by atoms with E-state index in [1.54, 1.807) is 0 Å². The third-order valence-corrected chi connectivity index (χ3v) is 4.26. The summed E-state index contributed by atoms with van der Waals surface area (Å²) in [6, 6.07) is 0. The van der Waals surface area contributed by atoms with Crippen LogP contribution in [0.25, 0.3) is 0 Å². The lowest BCUT2D eigenvalue weighted by Gasteiger charge is -2.22. The molecule has 0 bridgehead atoms. The van der Waals surface area contributed by atoms with E-state index in [9.17, 15) is 4.79 Å². The number of rotatable bonds is 14. The highest BCUT2D eigenvalue weighted by atomic mass is 16.7. The van der Waals surface area contributed by atoms with Gasteiger partial charge in [-0.1, -0.05) is 51.4 Å². The summed E-state index contributed by atoms with van der Waals surface area (Å²) in [4.78, 5) is 10.6. The molecule has 1 heterocycles. The van der Waals surface area contributed by atoms with Crippen LogP contribution >= 0.6 is 0 Å². The van der Waals surface area contributed by atoms with Gasteiger partial charge in [-0.3, -0.25) is 4.79 Å². The SMILES string of the molecule is NC(=O)CCCCCCCCCCCCOC1CCCCO1. The average Bonchev–Trinajstić information content (AvgIpc) is 2.52. The molecular weight excluding hydrogens is 278 g/mol. The second kappa shape index (κ2) is 14.0. The number of hydrogen-bond acceptors (Lipinski definition) is 3. The molecule has 1 aliphatic rings. The first kappa shape index (κ1) is 19.4. The Kier molecular flexibility index (Phi) is 12.4. The Hall–Kier alpha value is -0.610. The number of carbonyl (C=O) groups is 1. The zero-order valence-corrected chi connectivity index (χ0v) is 14.2. The smallest absolute Gasteiger partial charge is 0.217 e. The van der Waals surface area contributed by atoms with E-state index in [-0.39, 0.29) is 12.2 Å². The second-order valence-electron chi connectivity index (χ2n) is 6.42. The van der Waals surface area contributed by atoms with Gasteiger partial charge < -0.3 is 15.2 Å². The van der Waals surface area contributed by atoms with Crippen molar-refractivity contribution in [1.82, 2.24) is 0 Å². The van der Waals surface area contributed by atoms with Crippen LogP contribution in [-0.4, -0.2) is 25.4 Å². The van der Waals surface area contributed by atoms with E-state index < -0.39 is 0 Å². The summed E-state index contributed by atoms with van der Waals surface area (Å²) >= 11 is 0. The Labute approximate surface area is 136 Å². The van der Waals surface area contributed by atoms with Crippen molar-refractivity contribution in [3.05, 3.63) is 0 Å². The predicted octanol–water partition coefficient (Wildman–Crippen LogP) is 4.31. The highest BCUT2D eigenvalue weighted by molar-refractivity contribution is 5.73. The average molecular weight is 313 g/mol. The van der Waals surface area contributed by atoms with Gasteiger partial charge in [0.25, 0.3) is 0 Å². The van der Waals surface area contributed by atoms with Crippen molar-refractivity contribution in [2.45, 2.75) is 96.2 Å². The van der Waals surface area contributed by atoms with Gasteiger partial charge in [-0.2, -0.15) is 0 Å². The molecule has 4 heteroatoms. The van der Waals surface area contributed by atoms with Crippen molar-refractivity contribution in [3.63, 3.8) is 0 Å². The van der Waals surface area contributed by atoms with Crippen LogP contribution in [0.4, 0.5) is 0 Å². The zero-order chi connectivity index (χ0) is 15.9. The first-order chi connectivity index (χ1) is 10.8. The zero-order valence-electron chi connectivity index (χ0n) is 14.2. The summed E-state index contributed by atoms with van der Waals surface area (Å²) in [5, 5.41) is 0. The van der Waals surface area contributed by atoms with Crippen LogP contribution in [0.1, 0.15) is 89.9 Å². The van der Waals surface area contributed by atoms with Gasteiger partial charge in [-0.05, 0) is 32.1 Å². The Morgan fingerprint density at radius 1 is 0.909 bits per heavy atom. The molecule has 1 unspecified atom stereocenters. The quantitative estimate of drug-likeness (QED) is 0.486. The van der Waals surface area contributed by atoms with Crippen molar-refractivity contribution < 1.29 is 14.3 Å². The van der Waals surface area contributed by atoms with Crippen LogP contribution in [0.5, 0.6) is 0 Å². The van der Waals surface area contributed by atoms with Gasteiger partial charge in [0.05, 0.1) is 0 Å². The maximum Gasteiger partial charge on any atom is 0.217 e. The number of hydrogen-bond donors (Lipinski definition) is 1. The largest absolute Gasteiger partial charge is 0.370 e. The van der Waals surface area contributed by atoms with E-state index in [4.69, 9.17) is 15.2 Å². The van der Waals surface area contributed by atoms with Crippen LogP contribution in [0.15, 0.2) is 0 Å². The minimum Gasteiger partial charge on any atom is -0.370 e. The van der Waals surface area contributed by atoms with Crippen LogP contribution < -0.4 is 5.73 Å². The third kappa shape index (κ3) is 12.0. The maximum absolute atomic E-state index is 10.6. The predicted molar refractivity (Wildman–Crippen MR) is 89.5 cm³/mol. The fourth-order valence-electron chi connectivity index (χ4n) is 2.87. The van der Waals surface area contributed by atoms with Crippen molar-refractivity contribution in [2.75, 3.05) is 13.2 Å². The van der Waals surface area contributed by atoms with E-state index in [1.807, 2.05) is 0 Å². The van der Waals surface area contributed by atoms with Crippen LogP contribution in [-0.2, 0) is 14.3 Å². The van der Waals surface area contributed by atoms with E-state index in [1.165, 1.54) is 57.8 Å². The van der Waals surface area contributed by atoms with Crippen molar-refractivity contribution in [2.24, 2.45) is 5.73 Å². The molecule has 2 N–H and O–H groups in total. The summed E-state index contributed by atoms with van der Waals surface area (Å²) in [7, 11) is 0. The Morgan fingerprint density at radius 3 is 2.05 bits per heavy atom. The Balaban J connectivity index is 1.70. The molecule has 1 atom stereocenters. The van der Waals surface area contributed by atoms with Crippen LogP contribution in [0.2, 0.25) is 0 Å². The molecule has 1 amide bonds. The number of ether oxygens (including phenoxy) is 2. The Morgan fingerprint density at radius 2 is 1.50 bits per heavy atom. The van der Waals surface area contributed by atoms with E-state index in [0.29, 0.717) is 6.42 Å². The maximum atomic E-state index is 10.6. The molecule has 1 fully saturated rings. The number of unbranched alkanes of at least 4 members (excludes halogenated alkanes) is 9. The van der Waals surface area contributed by atoms with Gasteiger partial charge >= 0.3 is 0 Å². The van der Waals surface area contributed by atoms with Gasteiger partial charge in [0.15, 0.2) is 6.29 Å². The fourth-order valence-corrected chi connectivity index (χ4v) is 2.87. The lowest BCUT2D eigenvalue weighted by atomic mass is 10.1. The summed E-state index contributed by atoms with van der Waals surface area (Å²) in [5.74, 6) is -0.168. The van der Waals surface area contributed by atoms with Crippen molar-refractivity contribution in [1.29, 1.82) is 0 Å². The minimum atomic E-state index is -0.168. The monoisotopic (exact) mass is 313 g/mol. The molecule has 0 aromatic heterocycles. The summed E-state index contributed by atoms with van der Waals surface area (Å²) in [5.41, 5.74) is 5.11. The molecule has 1 saturated heterocycles. The van der Waals surface area contributed by atoms with Gasteiger partial charge in [-0.15, -0.1) is 0 Å². The minimum absolute atomic E-state index is 0.0725. The lowest BCUT2D eigenvalue weighted by molar-refractivity contribution is -0.162. The van der Waals surface area contributed by atoms with Gasteiger partial charge in [0, 0.05) is 19.6 Å². The van der Waals surface area contributed by atoms with E-state index in [0.717, 1.165) is 38.9 Å². The summed E-state index contributed by atoms with van der Waals surface area (Å²) < 4.78 is 11.3. The van der Waals surface area contributed by atoms with Crippen molar-refractivity contribution >= 4 is 5.91 Å². The van der Waals surface area contributed by atoms with E-state index in [2.05, 4.69) is 0 Å². The molecule has 22 heavy (non-hydrogen) atoms. The Bertz CT molecular complexity index is 265. The van der Waals surface area contributed by atoms with E-state index >= 15 is 0 Å². The number of amides is 1. The summed E-state index contributed by atoms with van der Waals surface area (Å²) in [6.07, 6.45) is 16.5. The molecule has 1 aliphatic heterocycles. The molecule has 0 radical (unpaired) electrons. The molecule has 0 aliphatic carbocycles. The number of carbonyl (C=O) groups excluding carboxylic acids is 1. The lowest BCUT2D eigenvalue weighted by Crippen LogP contribution is -2.22. The number of primary amides is 1. The molecular formula is C18H35NO3.